The van der Waals surface area contributed by atoms with E-state index in [2.05, 4.69) is 0 Å². The predicted molar refractivity (Wildman–Crippen MR) is 87.5 cm³/mol. The Morgan fingerprint density at radius 2 is 1.62 bits per heavy atom. The van der Waals surface area contributed by atoms with Crippen molar-refractivity contribution in [2.75, 3.05) is 19.7 Å². The molecule has 1 fully saturated rings. The van der Waals surface area contributed by atoms with E-state index in [1.807, 2.05) is 0 Å². The van der Waals surface area contributed by atoms with E-state index in [1.165, 1.54) is 6.07 Å². The summed E-state index contributed by atoms with van der Waals surface area (Å²) in [7, 11) is 0. The Labute approximate surface area is 139 Å². The number of rotatable bonds is 3. The van der Waals surface area contributed by atoms with Gasteiger partial charge in [-0.2, -0.15) is 0 Å². The molecule has 1 heterocycles. The van der Waals surface area contributed by atoms with Gasteiger partial charge in [-0.15, -0.1) is 0 Å². The molecule has 0 spiro atoms. The molecule has 126 valence electrons. The number of hydrogen-bond acceptors (Lipinski definition) is 2. The molecule has 0 aliphatic carbocycles. The minimum Gasteiger partial charge on any atom is -0.396 e. The van der Waals surface area contributed by atoms with Gasteiger partial charge in [0.15, 0.2) is 11.6 Å². The van der Waals surface area contributed by atoms with Crippen molar-refractivity contribution in [3.8, 4) is 11.1 Å². The van der Waals surface area contributed by atoms with Gasteiger partial charge < -0.3 is 10.0 Å². The summed E-state index contributed by atoms with van der Waals surface area (Å²) in [5, 5.41) is 9.15. The highest BCUT2D eigenvalue weighted by atomic mass is 19.2. The monoisotopic (exact) mass is 331 g/mol. The van der Waals surface area contributed by atoms with Crippen LogP contribution in [0.2, 0.25) is 0 Å². The number of aliphatic hydroxyl groups is 1. The first-order valence-electron chi connectivity index (χ1n) is 8.04. The minimum absolute atomic E-state index is 0.0387. The number of piperidine rings is 1. The van der Waals surface area contributed by atoms with E-state index in [4.69, 9.17) is 5.11 Å². The molecule has 1 saturated heterocycles. The SMILES string of the molecule is O=C(c1ccc(-c2ccc(F)c(F)c2)cc1)N1CCC(CO)CC1. The highest BCUT2D eigenvalue weighted by Crippen LogP contribution is 2.23. The molecule has 3 nitrogen and oxygen atoms in total. The molecule has 1 aliphatic heterocycles. The largest absolute Gasteiger partial charge is 0.396 e. The van der Waals surface area contributed by atoms with Gasteiger partial charge in [0.2, 0.25) is 0 Å². The van der Waals surface area contributed by atoms with Crippen molar-refractivity contribution in [3.63, 3.8) is 0 Å². The predicted octanol–water partition coefficient (Wildman–Crippen LogP) is 3.48. The molecule has 2 aromatic rings. The van der Waals surface area contributed by atoms with Crippen LogP contribution in [0.3, 0.4) is 0 Å². The summed E-state index contributed by atoms with van der Waals surface area (Å²) < 4.78 is 26.3. The summed E-state index contributed by atoms with van der Waals surface area (Å²) in [5.74, 6) is -1.52. The number of nitrogens with zero attached hydrogens (tertiary/aromatic N) is 1. The number of carbonyl (C=O) groups excluding carboxylic acids is 1. The lowest BCUT2D eigenvalue weighted by Crippen LogP contribution is -2.39. The zero-order valence-electron chi connectivity index (χ0n) is 13.2. The quantitative estimate of drug-likeness (QED) is 0.935. The summed E-state index contributed by atoms with van der Waals surface area (Å²) in [6.07, 6.45) is 1.63. The van der Waals surface area contributed by atoms with Crippen LogP contribution >= 0.6 is 0 Å². The third-order valence-electron chi connectivity index (χ3n) is 4.54. The first-order valence-corrected chi connectivity index (χ1v) is 8.04. The van der Waals surface area contributed by atoms with Crippen LogP contribution in [0.25, 0.3) is 11.1 Å². The number of benzene rings is 2. The lowest BCUT2D eigenvalue weighted by molar-refractivity contribution is 0.0651. The van der Waals surface area contributed by atoms with Gasteiger partial charge >= 0.3 is 0 Å². The highest BCUT2D eigenvalue weighted by Gasteiger charge is 2.23. The van der Waals surface area contributed by atoms with E-state index in [9.17, 15) is 13.6 Å². The Bertz CT molecular complexity index is 723. The fourth-order valence-electron chi connectivity index (χ4n) is 2.98. The van der Waals surface area contributed by atoms with Gasteiger partial charge in [0.05, 0.1) is 0 Å². The van der Waals surface area contributed by atoms with Crippen LogP contribution in [0, 0.1) is 17.6 Å². The van der Waals surface area contributed by atoms with Crippen molar-refractivity contribution in [3.05, 3.63) is 59.7 Å². The first kappa shape index (κ1) is 16.6. The summed E-state index contributed by atoms with van der Waals surface area (Å²) in [5.41, 5.74) is 1.87. The molecule has 0 bridgehead atoms. The van der Waals surface area contributed by atoms with Crippen molar-refractivity contribution in [2.45, 2.75) is 12.8 Å². The number of amides is 1. The number of likely N-dealkylation sites (tertiary alicyclic amines) is 1. The molecular formula is C19H19F2NO2. The summed E-state index contributed by atoms with van der Waals surface area (Å²) in [4.78, 5) is 14.3. The van der Waals surface area contributed by atoms with E-state index in [1.54, 1.807) is 29.2 Å². The Hall–Kier alpha value is -2.27. The van der Waals surface area contributed by atoms with Gasteiger partial charge in [-0.1, -0.05) is 18.2 Å². The maximum absolute atomic E-state index is 13.3. The van der Waals surface area contributed by atoms with Crippen molar-refractivity contribution < 1.29 is 18.7 Å². The topological polar surface area (TPSA) is 40.5 Å². The van der Waals surface area contributed by atoms with Gasteiger partial charge in [-0.25, -0.2) is 8.78 Å². The van der Waals surface area contributed by atoms with Crippen molar-refractivity contribution in [1.29, 1.82) is 0 Å². The van der Waals surface area contributed by atoms with Crippen LogP contribution in [-0.2, 0) is 0 Å². The second kappa shape index (κ2) is 7.09. The zero-order chi connectivity index (χ0) is 17.1. The lowest BCUT2D eigenvalue weighted by atomic mass is 9.97. The standard InChI is InChI=1S/C19H19F2NO2/c20-17-6-5-16(11-18(17)21)14-1-3-15(4-2-14)19(24)22-9-7-13(12-23)8-10-22/h1-6,11,13,23H,7-10,12H2. The van der Waals surface area contributed by atoms with Crippen LogP contribution < -0.4 is 0 Å². The van der Waals surface area contributed by atoms with Crippen LogP contribution in [-0.4, -0.2) is 35.6 Å². The van der Waals surface area contributed by atoms with Crippen molar-refractivity contribution >= 4 is 5.91 Å². The molecule has 3 rings (SSSR count). The van der Waals surface area contributed by atoms with E-state index in [-0.39, 0.29) is 18.4 Å². The average molecular weight is 331 g/mol. The van der Waals surface area contributed by atoms with E-state index >= 15 is 0 Å². The fraction of sp³-hybridized carbons (Fsp3) is 0.316. The average Bonchev–Trinajstić information content (AvgIpc) is 2.63. The minimum atomic E-state index is -0.889. The zero-order valence-corrected chi connectivity index (χ0v) is 13.2. The molecular weight excluding hydrogens is 312 g/mol. The van der Waals surface area contributed by atoms with Crippen molar-refractivity contribution in [2.24, 2.45) is 5.92 Å². The summed E-state index contributed by atoms with van der Waals surface area (Å²) in [6, 6.07) is 10.6. The van der Waals surface area contributed by atoms with E-state index in [0.29, 0.717) is 24.2 Å². The van der Waals surface area contributed by atoms with Crippen LogP contribution in [0.5, 0.6) is 0 Å². The molecule has 0 aromatic heterocycles. The molecule has 5 heteroatoms. The Morgan fingerprint density at radius 1 is 1.00 bits per heavy atom. The molecule has 1 aliphatic rings. The smallest absolute Gasteiger partial charge is 0.253 e. The number of halogens is 2. The van der Waals surface area contributed by atoms with E-state index in [0.717, 1.165) is 30.5 Å². The first-order chi connectivity index (χ1) is 11.6. The maximum atomic E-state index is 13.3. The second-order valence-corrected chi connectivity index (χ2v) is 6.12. The molecule has 0 unspecified atom stereocenters. The van der Waals surface area contributed by atoms with Gasteiger partial charge in [0.25, 0.3) is 5.91 Å². The third-order valence-corrected chi connectivity index (χ3v) is 4.54. The van der Waals surface area contributed by atoms with Crippen LogP contribution in [0.4, 0.5) is 8.78 Å². The van der Waals surface area contributed by atoms with Gasteiger partial charge in [-0.3, -0.25) is 4.79 Å². The van der Waals surface area contributed by atoms with Gasteiger partial charge in [-0.05, 0) is 54.2 Å². The molecule has 1 N–H and O–H groups in total. The molecule has 0 radical (unpaired) electrons. The number of carbonyl (C=O) groups is 1. The number of hydrogen-bond donors (Lipinski definition) is 1. The molecule has 1 amide bonds. The van der Waals surface area contributed by atoms with Gasteiger partial charge in [0, 0.05) is 25.3 Å². The summed E-state index contributed by atoms with van der Waals surface area (Å²) in [6.45, 7) is 1.47. The second-order valence-electron chi connectivity index (χ2n) is 6.12. The van der Waals surface area contributed by atoms with Gasteiger partial charge in [0.1, 0.15) is 0 Å². The van der Waals surface area contributed by atoms with Crippen molar-refractivity contribution in [1.82, 2.24) is 4.90 Å². The van der Waals surface area contributed by atoms with Crippen LogP contribution in [0.1, 0.15) is 23.2 Å². The molecule has 0 atom stereocenters. The lowest BCUT2D eigenvalue weighted by Gasteiger charge is -2.31. The van der Waals surface area contributed by atoms with E-state index < -0.39 is 11.6 Å². The molecule has 24 heavy (non-hydrogen) atoms. The Balaban J connectivity index is 1.72. The fourth-order valence-corrected chi connectivity index (χ4v) is 2.98. The van der Waals surface area contributed by atoms with Crippen LogP contribution in [0.15, 0.2) is 42.5 Å². The Kier molecular flexibility index (Phi) is 4.90. The molecule has 2 aromatic carbocycles. The highest BCUT2D eigenvalue weighted by molar-refractivity contribution is 5.94. The number of aliphatic hydroxyl groups excluding tert-OH is 1. The Morgan fingerprint density at radius 3 is 2.21 bits per heavy atom. The maximum Gasteiger partial charge on any atom is 0.253 e. The normalized spacial score (nSPS) is 15.5. The third kappa shape index (κ3) is 3.46. The summed E-state index contributed by atoms with van der Waals surface area (Å²) >= 11 is 0. The molecule has 0 saturated carbocycles.